The van der Waals surface area contributed by atoms with Gasteiger partial charge in [-0.2, -0.15) is 0 Å². The Bertz CT molecular complexity index is 836. The van der Waals surface area contributed by atoms with Gasteiger partial charge in [0.25, 0.3) is 5.56 Å². The third-order valence-electron chi connectivity index (χ3n) is 5.07. The van der Waals surface area contributed by atoms with Gasteiger partial charge in [0.1, 0.15) is 0 Å². The molecule has 1 saturated heterocycles. The van der Waals surface area contributed by atoms with Crippen molar-refractivity contribution in [2.45, 2.75) is 32.7 Å². The van der Waals surface area contributed by atoms with Gasteiger partial charge in [0.15, 0.2) is 0 Å². The number of likely N-dealkylation sites (tertiary alicyclic amines) is 1. The highest BCUT2D eigenvalue weighted by Crippen LogP contribution is 2.37. The van der Waals surface area contributed by atoms with E-state index in [0.29, 0.717) is 5.92 Å². The summed E-state index contributed by atoms with van der Waals surface area (Å²) in [6.07, 6.45) is 1.08. The molecule has 2 aromatic rings. The molecular formula is C18H20N2O2S. The molecule has 2 aliphatic heterocycles. The van der Waals surface area contributed by atoms with E-state index in [9.17, 15) is 9.59 Å². The van der Waals surface area contributed by atoms with Crippen LogP contribution in [0, 0.1) is 12.8 Å². The zero-order valence-corrected chi connectivity index (χ0v) is 14.2. The predicted octanol–water partition coefficient (Wildman–Crippen LogP) is 2.85. The number of thiophene rings is 1. The summed E-state index contributed by atoms with van der Waals surface area (Å²) in [6, 6.07) is 6.05. The topological polar surface area (TPSA) is 42.3 Å². The molecule has 4 rings (SSSR count). The maximum atomic E-state index is 12.6. The highest BCUT2D eigenvalue weighted by Gasteiger charge is 2.35. The highest BCUT2D eigenvalue weighted by atomic mass is 32.1. The van der Waals surface area contributed by atoms with Crippen LogP contribution < -0.4 is 5.56 Å². The Morgan fingerprint density at radius 3 is 2.70 bits per heavy atom. The first-order valence-corrected chi connectivity index (χ1v) is 8.95. The molecule has 0 aromatic carbocycles. The Morgan fingerprint density at radius 1 is 1.17 bits per heavy atom. The van der Waals surface area contributed by atoms with Gasteiger partial charge in [0.05, 0.1) is 0 Å². The Labute approximate surface area is 139 Å². The zero-order chi connectivity index (χ0) is 16.1. The molecule has 4 nitrogen and oxygen atoms in total. The SMILES string of the molecule is CC(=O)N1C[C@@H]2C[C@H](C1)c1cc(-c3csc(C)c3)cc(=O)n1C2. The van der Waals surface area contributed by atoms with Gasteiger partial charge in [0, 0.05) is 49.1 Å². The van der Waals surface area contributed by atoms with Crippen molar-refractivity contribution in [1.29, 1.82) is 0 Å². The normalized spacial score (nSPS) is 22.8. The van der Waals surface area contributed by atoms with Crippen LogP contribution in [0.25, 0.3) is 11.1 Å². The maximum Gasteiger partial charge on any atom is 0.251 e. The van der Waals surface area contributed by atoms with Crippen molar-refractivity contribution < 1.29 is 4.79 Å². The molecule has 2 bridgehead atoms. The molecule has 2 atom stereocenters. The minimum absolute atomic E-state index is 0.0901. The summed E-state index contributed by atoms with van der Waals surface area (Å²) in [4.78, 5) is 27.5. The molecule has 5 heteroatoms. The van der Waals surface area contributed by atoms with E-state index in [2.05, 4.69) is 24.4 Å². The molecule has 2 aromatic heterocycles. The minimum Gasteiger partial charge on any atom is -0.342 e. The van der Waals surface area contributed by atoms with Gasteiger partial charge in [-0.1, -0.05) is 0 Å². The lowest BCUT2D eigenvalue weighted by Gasteiger charge is -2.42. The Morgan fingerprint density at radius 2 is 2.00 bits per heavy atom. The smallest absolute Gasteiger partial charge is 0.251 e. The van der Waals surface area contributed by atoms with Gasteiger partial charge in [0.2, 0.25) is 5.91 Å². The number of aryl methyl sites for hydroxylation is 1. The highest BCUT2D eigenvalue weighted by molar-refractivity contribution is 7.10. The van der Waals surface area contributed by atoms with E-state index in [-0.39, 0.29) is 17.4 Å². The molecule has 1 fully saturated rings. The van der Waals surface area contributed by atoms with Gasteiger partial charge in [-0.3, -0.25) is 9.59 Å². The number of aromatic nitrogens is 1. The van der Waals surface area contributed by atoms with Crippen LogP contribution in [0.5, 0.6) is 0 Å². The Balaban J connectivity index is 1.78. The summed E-state index contributed by atoms with van der Waals surface area (Å²) in [5, 5.41) is 2.11. The molecule has 23 heavy (non-hydrogen) atoms. The van der Waals surface area contributed by atoms with Crippen molar-refractivity contribution in [3.8, 4) is 11.1 Å². The van der Waals surface area contributed by atoms with Crippen LogP contribution in [-0.4, -0.2) is 28.5 Å². The first kappa shape index (κ1) is 14.7. The van der Waals surface area contributed by atoms with E-state index in [0.717, 1.165) is 42.9 Å². The number of hydrogen-bond donors (Lipinski definition) is 0. The number of nitrogens with zero attached hydrogens (tertiary/aromatic N) is 2. The van der Waals surface area contributed by atoms with Gasteiger partial charge in [-0.15, -0.1) is 11.3 Å². The minimum atomic E-state index is 0.0901. The first-order valence-electron chi connectivity index (χ1n) is 8.07. The number of amides is 1. The van der Waals surface area contributed by atoms with Crippen molar-refractivity contribution >= 4 is 17.2 Å². The summed E-state index contributed by atoms with van der Waals surface area (Å²) < 4.78 is 1.93. The second-order valence-corrected chi connectivity index (χ2v) is 7.90. The number of carbonyl (C=O) groups is 1. The predicted molar refractivity (Wildman–Crippen MR) is 91.9 cm³/mol. The number of pyridine rings is 1. The summed E-state index contributed by atoms with van der Waals surface area (Å²) in [6.45, 7) is 5.96. The Kier molecular flexibility index (Phi) is 3.41. The van der Waals surface area contributed by atoms with E-state index < -0.39 is 0 Å². The van der Waals surface area contributed by atoms with Crippen LogP contribution in [0.15, 0.2) is 28.4 Å². The Hall–Kier alpha value is -1.88. The fraction of sp³-hybridized carbons (Fsp3) is 0.444. The third-order valence-corrected chi connectivity index (χ3v) is 5.93. The van der Waals surface area contributed by atoms with Crippen LogP contribution in [0.3, 0.4) is 0 Å². The third kappa shape index (κ3) is 2.53. The monoisotopic (exact) mass is 328 g/mol. The molecule has 4 heterocycles. The van der Waals surface area contributed by atoms with E-state index in [1.165, 1.54) is 4.88 Å². The largest absolute Gasteiger partial charge is 0.342 e. The van der Waals surface area contributed by atoms with E-state index in [4.69, 9.17) is 0 Å². The number of carbonyl (C=O) groups excluding carboxylic acids is 1. The van der Waals surface area contributed by atoms with Crippen molar-refractivity contribution in [1.82, 2.24) is 9.47 Å². The molecule has 0 unspecified atom stereocenters. The fourth-order valence-electron chi connectivity index (χ4n) is 3.98. The molecular weight excluding hydrogens is 308 g/mol. The molecule has 0 saturated carbocycles. The van der Waals surface area contributed by atoms with Crippen molar-refractivity contribution in [3.05, 3.63) is 44.5 Å². The van der Waals surface area contributed by atoms with Crippen LogP contribution in [0.4, 0.5) is 0 Å². The summed E-state index contributed by atoms with van der Waals surface area (Å²) in [5.74, 6) is 0.816. The average molecular weight is 328 g/mol. The van der Waals surface area contributed by atoms with E-state index in [1.807, 2.05) is 9.47 Å². The lowest BCUT2D eigenvalue weighted by Crippen LogP contribution is -2.48. The van der Waals surface area contributed by atoms with E-state index >= 15 is 0 Å². The molecule has 120 valence electrons. The lowest BCUT2D eigenvalue weighted by atomic mass is 9.82. The standard InChI is InChI=1S/C18H20N2O2S/c1-11-3-16(10-23-11)14-5-17-15-4-13(7-19(9-15)12(2)21)8-20(17)18(22)6-14/h3,5-6,10,13,15H,4,7-9H2,1-2H3/t13-,15+/m0/s1. The van der Waals surface area contributed by atoms with Crippen LogP contribution in [-0.2, 0) is 11.3 Å². The van der Waals surface area contributed by atoms with Gasteiger partial charge in [-0.05, 0) is 47.9 Å². The van der Waals surface area contributed by atoms with Crippen molar-refractivity contribution in [3.63, 3.8) is 0 Å². The molecule has 2 aliphatic rings. The van der Waals surface area contributed by atoms with Crippen LogP contribution in [0.1, 0.15) is 29.8 Å². The van der Waals surface area contributed by atoms with Gasteiger partial charge in [-0.25, -0.2) is 0 Å². The molecule has 1 amide bonds. The number of fused-ring (bicyclic) bond motifs is 4. The molecule has 0 aliphatic carbocycles. The van der Waals surface area contributed by atoms with Crippen molar-refractivity contribution in [2.24, 2.45) is 5.92 Å². The van der Waals surface area contributed by atoms with Crippen molar-refractivity contribution in [2.75, 3.05) is 13.1 Å². The summed E-state index contributed by atoms with van der Waals surface area (Å²) in [7, 11) is 0. The van der Waals surface area contributed by atoms with Crippen LogP contribution >= 0.6 is 11.3 Å². The average Bonchev–Trinajstić information content (AvgIpc) is 2.94. The number of rotatable bonds is 1. The van der Waals surface area contributed by atoms with Gasteiger partial charge < -0.3 is 9.47 Å². The van der Waals surface area contributed by atoms with E-state index in [1.54, 1.807) is 24.3 Å². The van der Waals surface area contributed by atoms with Gasteiger partial charge >= 0.3 is 0 Å². The molecule has 0 N–H and O–H groups in total. The second-order valence-electron chi connectivity index (χ2n) is 6.79. The maximum absolute atomic E-state index is 12.6. The molecule has 0 radical (unpaired) electrons. The summed E-state index contributed by atoms with van der Waals surface area (Å²) in [5.41, 5.74) is 3.31. The number of hydrogen-bond acceptors (Lipinski definition) is 3. The fourth-order valence-corrected chi connectivity index (χ4v) is 4.69. The quantitative estimate of drug-likeness (QED) is 0.808. The molecule has 0 spiro atoms. The summed E-state index contributed by atoms with van der Waals surface area (Å²) >= 11 is 1.70. The second kappa shape index (κ2) is 5.34. The number of piperidine rings is 1. The zero-order valence-electron chi connectivity index (χ0n) is 13.4. The first-order chi connectivity index (χ1) is 11.0. The lowest BCUT2D eigenvalue weighted by molar-refractivity contribution is -0.131. The van der Waals surface area contributed by atoms with Crippen LogP contribution in [0.2, 0.25) is 0 Å².